The van der Waals surface area contributed by atoms with Gasteiger partial charge in [-0.3, -0.25) is 9.59 Å². The highest BCUT2D eigenvalue weighted by Crippen LogP contribution is 2.60. The van der Waals surface area contributed by atoms with Gasteiger partial charge in [-0.15, -0.1) is 0 Å². The molecule has 5 rings (SSSR count). The Kier molecular flexibility index (Phi) is 7.39. The largest absolute Gasteiger partial charge is 0.484 e. The first kappa shape index (κ1) is 26.5. The maximum Gasteiger partial charge on any atom is 0.407 e. The fraction of sp³-hybridized carbons (Fsp3) is 0.640. The number of halogens is 2. The van der Waals surface area contributed by atoms with Crippen molar-refractivity contribution in [2.24, 2.45) is 5.92 Å². The molecule has 2 unspecified atom stereocenters. The Balaban J connectivity index is 1.16. The smallest absolute Gasteiger partial charge is 0.407 e. The summed E-state index contributed by atoms with van der Waals surface area (Å²) < 4.78 is 24.1. The molecule has 2 atom stereocenters. The molecule has 3 amide bonds. The van der Waals surface area contributed by atoms with Gasteiger partial charge in [0.05, 0.1) is 11.1 Å². The van der Waals surface area contributed by atoms with Crippen LogP contribution >= 0.6 is 11.6 Å². The van der Waals surface area contributed by atoms with E-state index in [4.69, 9.17) is 21.1 Å². The Labute approximate surface area is 215 Å². The van der Waals surface area contributed by atoms with E-state index in [1.54, 1.807) is 0 Å². The van der Waals surface area contributed by atoms with Crippen LogP contribution in [0.4, 0.5) is 9.18 Å². The molecule has 4 N–H and O–H groups in total. The third-order valence-electron chi connectivity index (χ3n) is 6.85. The average molecular weight is 525 g/mol. The van der Waals surface area contributed by atoms with E-state index in [1.807, 2.05) is 20.8 Å². The van der Waals surface area contributed by atoms with Gasteiger partial charge in [-0.2, -0.15) is 0 Å². The fourth-order valence-corrected chi connectivity index (χ4v) is 5.49. The van der Waals surface area contributed by atoms with Gasteiger partial charge >= 0.3 is 6.09 Å². The van der Waals surface area contributed by atoms with Crippen LogP contribution in [0.2, 0.25) is 5.02 Å². The Morgan fingerprint density at radius 2 is 1.86 bits per heavy atom. The standard InChI is InChI=1S/C25H34ClFN4O5/c1-23(2,3)36-22(34)29-10-15-6-7-28-19(8-15)21(33)31-25-12-24(13-25,14-25)30-20(32)11-35-16-4-5-17(26)18(27)9-16/h4-5,9,15,19,28H,6-8,10-14H2,1-3H3,(H,29,34)(H,30,32)(H,31,33). The van der Waals surface area contributed by atoms with E-state index in [-0.39, 0.29) is 52.2 Å². The maximum absolute atomic E-state index is 13.5. The molecular weight excluding hydrogens is 491 g/mol. The lowest BCUT2D eigenvalue weighted by Gasteiger charge is -2.70. The first-order chi connectivity index (χ1) is 16.9. The minimum Gasteiger partial charge on any atom is -0.484 e. The predicted octanol–water partition coefficient (Wildman–Crippen LogP) is 2.66. The zero-order chi connectivity index (χ0) is 26.1. The topological polar surface area (TPSA) is 118 Å². The molecule has 36 heavy (non-hydrogen) atoms. The number of amides is 3. The first-order valence-corrected chi connectivity index (χ1v) is 12.6. The molecule has 3 saturated carbocycles. The van der Waals surface area contributed by atoms with Crippen LogP contribution in [0.5, 0.6) is 5.75 Å². The summed E-state index contributed by atoms with van der Waals surface area (Å²) >= 11 is 5.65. The average Bonchev–Trinajstić information content (AvgIpc) is 2.75. The second kappa shape index (κ2) is 10.0. The van der Waals surface area contributed by atoms with Crippen molar-refractivity contribution in [2.75, 3.05) is 19.7 Å². The number of ether oxygens (including phenoxy) is 2. The van der Waals surface area contributed by atoms with Crippen molar-refractivity contribution in [3.05, 3.63) is 29.0 Å². The van der Waals surface area contributed by atoms with Crippen molar-refractivity contribution in [3.8, 4) is 5.75 Å². The molecule has 4 aliphatic rings. The number of piperidine rings is 1. The quantitative estimate of drug-likeness (QED) is 0.415. The Hall–Kier alpha value is -2.59. The van der Waals surface area contributed by atoms with Gasteiger partial charge in [0.15, 0.2) is 6.61 Å². The normalized spacial score (nSPS) is 28.7. The number of rotatable bonds is 8. The van der Waals surface area contributed by atoms with Crippen LogP contribution in [-0.2, 0) is 14.3 Å². The van der Waals surface area contributed by atoms with Crippen LogP contribution in [0.25, 0.3) is 0 Å². The minimum atomic E-state index is -0.607. The van der Waals surface area contributed by atoms with Crippen LogP contribution < -0.4 is 26.0 Å². The van der Waals surface area contributed by atoms with Crippen molar-refractivity contribution < 1.29 is 28.2 Å². The molecule has 198 valence electrons. The highest BCUT2D eigenvalue weighted by atomic mass is 35.5. The number of hydrogen-bond donors (Lipinski definition) is 4. The molecule has 9 nitrogen and oxygen atoms in total. The van der Waals surface area contributed by atoms with Crippen LogP contribution in [-0.4, -0.2) is 60.3 Å². The number of carbonyl (C=O) groups is 3. The summed E-state index contributed by atoms with van der Waals surface area (Å²) in [6, 6.07) is 3.69. The molecular formula is C25H34ClFN4O5. The minimum absolute atomic E-state index is 0.00979. The van der Waals surface area contributed by atoms with Crippen LogP contribution in [0, 0.1) is 11.7 Å². The Bertz CT molecular complexity index is 1010. The summed E-state index contributed by atoms with van der Waals surface area (Å²) in [7, 11) is 0. The molecule has 3 aliphatic carbocycles. The number of benzene rings is 1. The lowest BCUT2D eigenvalue weighted by Crippen LogP contribution is -2.84. The molecule has 1 heterocycles. The summed E-state index contributed by atoms with van der Waals surface area (Å²) in [4.78, 5) is 37.1. The van der Waals surface area contributed by atoms with Crippen LogP contribution in [0.1, 0.15) is 52.9 Å². The van der Waals surface area contributed by atoms with Gasteiger partial charge in [0, 0.05) is 23.7 Å². The fourth-order valence-electron chi connectivity index (χ4n) is 5.37. The molecule has 1 aromatic rings. The molecule has 11 heteroatoms. The van der Waals surface area contributed by atoms with Gasteiger partial charge in [0.2, 0.25) is 5.91 Å². The van der Waals surface area contributed by atoms with Gasteiger partial charge < -0.3 is 30.7 Å². The third-order valence-corrected chi connectivity index (χ3v) is 7.15. The van der Waals surface area contributed by atoms with Crippen molar-refractivity contribution >= 4 is 29.5 Å². The molecule has 0 aromatic heterocycles. The highest BCUT2D eigenvalue weighted by molar-refractivity contribution is 6.30. The van der Waals surface area contributed by atoms with Gasteiger partial charge in [0.1, 0.15) is 17.2 Å². The van der Waals surface area contributed by atoms with Crippen molar-refractivity contribution in [1.29, 1.82) is 0 Å². The number of nitrogens with one attached hydrogen (secondary N) is 4. The second-order valence-corrected chi connectivity index (χ2v) is 11.7. The van der Waals surface area contributed by atoms with E-state index in [0.717, 1.165) is 12.5 Å². The third kappa shape index (κ3) is 6.39. The summed E-state index contributed by atoms with van der Waals surface area (Å²) in [5, 5.41) is 12.2. The van der Waals surface area contributed by atoms with E-state index in [2.05, 4.69) is 21.3 Å². The molecule has 1 aliphatic heterocycles. The second-order valence-electron chi connectivity index (χ2n) is 11.3. The zero-order valence-corrected chi connectivity index (χ0v) is 21.6. The molecule has 0 spiro atoms. The van der Waals surface area contributed by atoms with Crippen LogP contribution in [0.3, 0.4) is 0 Å². The monoisotopic (exact) mass is 524 g/mol. The summed E-state index contributed by atoms with van der Waals surface area (Å²) in [5.74, 6) is -0.538. The molecule has 1 saturated heterocycles. The summed E-state index contributed by atoms with van der Waals surface area (Å²) in [6.45, 7) is 6.38. The Morgan fingerprint density at radius 1 is 1.17 bits per heavy atom. The number of carbonyl (C=O) groups excluding carboxylic acids is 3. The number of hydrogen-bond acceptors (Lipinski definition) is 6. The van der Waals surface area contributed by atoms with E-state index in [1.165, 1.54) is 12.1 Å². The van der Waals surface area contributed by atoms with Gasteiger partial charge in [-0.25, -0.2) is 9.18 Å². The maximum atomic E-state index is 13.5. The van der Waals surface area contributed by atoms with E-state index < -0.39 is 17.5 Å². The number of alkyl carbamates (subject to hydrolysis) is 1. The predicted molar refractivity (Wildman–Crippen MR) is 131 cm³/mol. The van der Waals surface area contributed by atoms with Crippen LogP contribution in [0.15, 0.2) is 18.2 Å². The first-order valence-electron chi connectivity index (χ1n) is 12.3. The van der Waals surface area contributed by atoms with E-state index in [0.29, 0.717) is 38.8 Å². The summed E-state index contributed by atoms with van der Waals surface area (Å²) in [5.41, 5.74) is -1.16. The highest BCUT2D eigenvalue weighted by Gasteiger charge is 2.69. The van der Waals surface area contributed by atoms with E-state index >= 15 is 0 Å². The zero-order valence-electron chi connectivity index (χ0n) is 20.8. The molecule has 4 fully saturated rings. The summed E-state index contributed by atoms with van der Waals surface area (Å²) in [6.07, 6.45) is 3.05. The SMILES string of the molecule is CC(C)(C)OC(=O)NCC1CCNC(C(=O)NC23CC(NC(=O)COc4ccc(Cl)c(F)c4)(C2)C3)C1. The van der Waals surface area contributed by atoms with Gasteiger partial charge in [0.25, 0.3) is 5.91 Å². The lowest BCUT2D eigenvalue weighted by atomic mass is 9.44. The van der Waals surface area contributed by atoms with Gasteiger partial charge in [-0.1, -0.05) is 11.6 Å². The van der Waals surface area contributed by atoms with Crippen molar-refractivity contribution in [1.82, 2.24) is 21.3 Å². The van der Waals surface area contributed by atoms with Crippen molar-refractivity contribution in [3.63, 3.8) is 0 Å². The molecule has 2 bridgehead atoms. The van der Waals surface area contributed by atoms with Crippen molar-refractivity contribution in [2.45, 2.75) is 75.6 Å². The lowest BCUT2D eigenvalue weighted by molar-refractivity contribution is -0.151. The Morgan fingerprint density at radius 3 is 2.53 bits per heavy atom. The van der Waals surface area contributed by atoms with Gasteiger partial charge in [-0.05, 0) is 77.5 Å². The van der Waals surface area contributed by atoms with E-state index in [9.17, 15) is 18.8 Å². The molecule has 1 aromatic carbocycles. The molecule has 0 radical (unpaired) electrons.